The number of carbonyl (C=O) groups excluding carboxylic acids is 4. The first kappa shape index (κ1) is 21.4. The molecule has 30 heavy (non-hydrogen) atoms. The number of carbonyl (C=O) groups is 4. The van der Waals surface area contributed by atoms with E-state index in [9.17, 15) is 24.3 Å². The van der Waals surface area contributed by atoms with Gasteiger partial charge >= 0.3 is 5.97 Å². The smallest absolute Gasteiger partial charge is 0.311 e. The Hall–Kier alpha value is -1.82. The van der Waals surface area contributed by atoms with Crippen LogP contribution in [0.5, 0.6) is 0 Å². The largest absolute Gasteiger partial charge is 0.454 e. The number of cyclic esters (lactones) is 1. The highest BCUT2D eigenvalue weighted by molar-refractivity contribution is 6.02. The van der Waals surface area contributed by atoms with Gasteiger partial charge in [-0.2, -0.15) is 0 Å². The van der Waals surface area contributed by atoms with Crippen LogP contribution in [0, 0.1) is 39.4 Å². The Morgan fingerprint density at radius 1 is 1.03 bits per heavy atom. The summed E-state index contributed by atoms with van der Waals surface area (Å²) >= 11 is 0. The maximum Gasteiger partial charge on any atom is 0.311 e. The molecule has 3 aliphatic carbocycles. The monoisotopic (exact) mass is 416 g/mol. The molecule has 4 aliphatic rings. The number of ether oxygens (including phenoxy) is 1. The number of allylic oxidation sites excluding steroid dienone is 1. The van der Waals surface area contributed by atoms with Crippen LogP contribution < -0.4 is 0 Å². The van der Waals surface area contributed by atoms with Gasteiger partial charge < -0.3 is 9.84 Å². The van der Waals surface area contributed by atoms with Crippen LogP contribution in [0.4, 0.5) is 0 Å². The van der Waals surface area contributed by atoms with E-state index in [1.54, 1.807) is 34.6 Å². The maximum atomic E-state index is 13.6. The fourth-order valence-corrected chi connectivity index (χ4v) is 7.88. The van der Waals surface area contributed by atoms with Crippen LogP contribution in [-0.2, 0) is 23.9 Å². The van der Waals surface area contributed by atoms with Gasteiger partial charge in [-0.25, -0.2) is 0 Å². The van der Waals surface area contributed by atoms with Gasteiger partial charge in [0.15, 0.2) is 17.7 Å². The van der Waals surface area contributed by atoms with Gasteiger partial charge in [0.25, 0.3) is 0 Å². The molecular formula is C24H32O6. The number of Topliss-reactive ketones (excluding diaryl/α,β-unsaturated/α-hetero) is 3. The van der Waals surface area contributed by atoms with Crippen LogP contribution in [0.2, 0.25) is 0 Å². The molecule has 1 aliphatic heterocycles. The van der Waals surface area contributed by atoms with E-state index in [-0.39, 0.29) is 17.5 Å². The highest BCUT2D eigenvalue weighted by Crippen LogP contribution is 2.71. The van der Waals surface area contributed by atoms with Crippen molar-refractivity contribution >= 4 is 23.3 Å². The van der Waals surface area contributed by atoms with Crippen molar-refractivity contribution in [3.63, 3.8) is 0 Å². The second-order valence-corrected chi connectivity index (χ2v) is 11.2. The second kappa shape index (κ2) is 5.90. The van der Waals surface area contributed by atoms with Crippen LogP contribution in [0.1, 0.15) is 60.8 Å². The van der Waals surface area contributed by atoms with Crippen molar-refractivity contribution in [1.82, 2.24) is 0 Å². The van der Waals surface area contributed by atoms with Crippen molar-refractivity contribution in [1.29, 1.82) is 0 Å². The predicted octanol–water partition coefficient (Wildman–Crippen LogP) is 2.66. The quantitative estimate of drug-likeness (QED) is 0.482. The van der Waals surface area contributed by atoms with Gasteiger partial charge in [-0.1, -0.05) is 39.8 Å². The standard InChI is InChI=1S/C24H32O6/c1-11-10-13-22(5)9-8-14(25)21(3,4)16(22)15(26)19(28)24(13,7)17-20(29)30-12(2)18(27)23(11,17)6/h12-13,16-17,19,28H,1,8-10H2,2-7H3/t12-,13-,16-,17-,19+,22-,23+,24-/m0/s1. The van der Waals surface area contributed by atoms with Crippen LogP contribution in [0.3, 0.4) is 0 Å². The lowest BCUT2D eigenvalue weighted by molar-refractivity contribution is -0.229. The molecule has 0 spiro atoms. The normalized spacial score (nSPS) is 50.4. The maximum absolute atomic E-state index is 13.6. The van der Waals surface area contributed by atoms with Gasteiger partial charge in [0.05, 0.1) is 11.3 Å². The van der Waals surface area contributed by atoms with E-state index in [1.807, 2.05) is 6.92 Å². The molecule has 1 N–H and O–H groups in total. The molecule has 164 valence electrons. The Bertz CT molecular complexity index is 901. The van der Waals surface area contributed by atoms with E-state index in [2.05, 4.69) is 6.58 Å². The van der Waals surface area contributed by atoms with E-state index in [1.165, 1.54) is 0 Å². The molecule has 4 fully saturated rings. The SMILES string of the molecule is C=C1C[C@H]2[C@]3(C)CCC(=O)C(C)(C)[C@@H]3C(=O)[C@@H](O)[C@]2(C)[C@H]2C(=O)O[C@@H](C)C(=O)[C@]12C. The van der Waals surface area contributed by atoms with Crippen molar-refractivity contribution in [3.8, 4) is 0 Å². The zero-order valence-electron chi connectivity index (χ0n) is 18.7. The number of hydrogen-bond donors (Lipinski definition) is 1. The van der Waals surface area contributed by atoms with Gasteiger partial charge in [0.2, 0.25) is 0 Å². The fourth-order valence-electron chi connectivity index (χ4n) is 7.88. The summed E-state index contributed by atoms with van der Waals surface area (Å²) in [6.45, 7) is 14.8. The minimum Gasteiger partial charge on any atom is -0.454 e. The molecule has 0 unspecified atom stereocenters. The lowest BCUT2D eigenvalue weighted by Crippen LogP contribution is -2.74. The van der Waals surface area contributed by atoms with Gasteiger partial charge in [-0.3, -0.25) is 19.2 Å². The molecule has 0 aromatic rings. The zero-order chi connectivity index (χ0) is 22.6. The Balaban J connectivity index is 1.95. The van der Waals surface area contributed by atoms with Crippen LogP contribution >= 0.6 is 0 Å². The third-order valence-corrected chi connectivity index (χ3v) is 9.47. The Morgan fingerprint density at radius 2 is 1.63 bits per heavy atom. The summed E-state index contributed by atoms with van der Waals surface area (Å²) in [4.78, 5) is 52.7. The van der Waals surface area contributed by atoms with Gasteiger partial charge in [-0.15, -0.1) is 0 Å². The van der Waals surface area contributed by atoms with Crippen molar-refractivity contribution in [3.05, 3.63) is 12.2 Å². The summed E-state index contributed by atoms with van der Waals surface area (Å²) in [5.41, 5.74) is -3.21. The third-order valence-electron chi connectivity index (χ3n) is 9.47. The molecule has 0 aromatic heterocycles. The molecular weight excluding hydrogens is 384 g/mol. The molecule has 1 heterocycles. The lowest BCUT2D eigenvalue weighted by Gasteiger charge is -2.68. The summed E-state index contributed by atoms with van der Waals surface area (Å²) in [5.74, 6) is -3.09. The van der Waals surface area contributed by atoms with E-state index < -0.39 is 57.5 Å². The van der Waals surface area contributed by atoms with Gasteiger partial charge in [-0.05, 0) is 38.0 Å². The first-order valence-electron chi connectivity index (χ1n) is 10.8. The summed E-state index contributed by atoms with van der Waals surface area (Å²) < 4.78 is 5.40. The first-order chi connectivity index (χ1) is 13.7. The van der Waals surface area contributed by atoms with Crippen molar-refractivity contribution in [2.24, 2.45) is 39.4 Å². The lowest BCUT2D eigenvalue weighted by atomic mass is 9.35. The zero-order valence-corrected chi connectivity index (χ0v) is 18.7. The number of esters is 1. The average molecular weight is 417 g/mol. The minimum atomic E-state index is -1.46. The molecule has 0 aromatic carbocycles. The molecule has 0 bridgehead atoms. The van der Waals surface area contributed by atoms with Crippen molar-refractivity contribution in [2.75, 3.05) is 0 Å². The number of fused-ring (bicyclic) bond motifs is 5. The Labute approximate surface area is 177 Å². The average Bonchev–Trinajstić information content (AvgIpc) is 2.64. The van der Waals surface area contributed by atoms with E-state index in [0.717, 1.165) is 0 Å². The number of hydrogen-bond acceptors (Lipinski definition) is 6. The molecule has 8 atom stereocenters. The van der Waals surface area contributed by atoms with E-state index in [4.69, 9.17) is 4.74 Å². The third kappa shape index (κ3) is 2.13. The highest BCUT2D eigenvalue weighted by Gasteiger charge is 2.75. The number of rotatable bonds is 0. The topological polar surface area (TPSA) is 97.7 Å². The molecule has 0 amide bonds. The molecule has 4 rings (SSSR count). The van der Waals surface area contributed by atoms with Crippen LogP contribution in [0.15, 0.2) is 12.2 Å². The summed E-state index contributed by atoms with van der Waals surface area (Å²) in [6, 6.07) is 0. The molecule has 3 saturated carbocycles. The summed E-state index contributed by atoms with van der Waals surface area (Å²) in [6.07, 6.45) is -1.06. The fraction of sp³-hybridized carbons (Fsp3) is 0.750. The van der Waals surface area contributed by atoms with Crippen LogP contribution in [-0.4, -0.2) is 40.6 Å². The van der Waals surface area contributed by atoms with E-state index in [0.29, 0.717) is 24.8 Å². The van der Waals surface area contributed by atoms with Crippen molar-refractivity contribution < 1.29 is 29.0 Å². The Morgan fingerprint density at radius 3 is 2.23 bits per heavy atom. The van der Waals surface area contributed by atoms with E-state index >= 15 is 0 Å². The molecule has 6 heteroatoms. The minimum absolute atomic E-state index is 0.0229. The molecule has 6 nitrogen and oxygen atoms in total. The predicted molar refractivity (Wildman–Crippen MR) is 108 cm³/mol. The summed E-state index contributed by atoms with van der Waals surface area (Å²) in [7, 11) is 0. The summed E-state index contributed by atoms with van der Waals surface area (Å²) in [5, 5.41) is 11.4. The van der Waals surface area contributed by atoms with Crippen LogP contribution in [0.25, 0.3) is 0 Å². The molecule has 1 saturated heterocycles. The van der Waals surface area contributed by atoms with Gasteiger partial charge in [0.1, 0.15) is 11.9 Å². The Kier molecular flexibility index (Phi) is 4.21. The number of aliphatic hydroxyl groups is 1. The van der Waals surface area contributed by atoms with Crippen molar-refractivity contribution in [2.45, 2.75) is 73.0 Å². The van der Waals surface area contributed by atoms with Gasteiger partial charge in [0, 0.05) is 23.2 Å². The first-order valence-corrected chi connectivity index (χ1v) is 10.8. The highest BCUT2D eigenvalue weighted by atomic mass is 16.5. The second-order valence-electron chi connectivity index (χ2n) is 11.2. The molecule has 0 radical (unpaired) electrons. The number of aliphatic hydroxyl groups excluding tert-OH is 1. The number of ketones is 3.